The minimum absolute atomic E-state index is 0.197. The average Bonchev–Trinajstić information content (AvgIpc) is 3.41. The lowest BCUT2D eigenvalue weighted by molar-refractivity contribution is -0.152. The Morgan fingerprint density at radius 3 is 2.79 bits per heavy atom. The van der Waals surface area contributed by atoms with Crippen molar-refractivity contribution in [3.8, 4) is 0 Å². The minimum atomic E-state index is -0.783. The maximum absolute atomic E-state index is 12.7. The van der Waals surface area contributed by atoms with Crippen LogP contribution in [0.4, 0.5) is 5.69 Å². The molecule has 6 nitrogen and oxygen atoms in total. The Bertz CT molecular complexity index is 896. The van der Waals surface area contributed by atoms with Gasteiger partial charge in [-0.05, 0) is 41.8 Å². The standard InChI is InChI=1S/C21H22N2O4S/c22-27-21(26)15(10-18(24)20(25)12-8-9-28-11-12)19-13-4-1-2-6-16(13)23-17-7-3-5-14(17)19/h1-2,4,6,8-9,11,14-15,17,19,23H,3,5,7,10,22H2. The molecule has 0 spiro atoms. The molecule has 2 aliphatic rings. The van der Waals surface area contributed by atoms with Crippen molar-refractivity contribution < 1.29 is 19.2 Å². The molecule has 4 unspecified atom stereocenters. The van der Waals surface area contributed by atoms with Gasteiger partial charge in [0, 0.05) is 35.0 Å². The number of Topliss-reactive ketones (excluding diaryl/α,β-unsaturated/α-hetero) is 2. The van der Waals surface area contributed by atoms with Gasteiger partial charge < -0.3 is 10.2 Å². The zero-order chi connectivity index (χ0) is 19.7. The fourth-order valence-electron chi connectivity index (χ4n) is 4.75. The molecule has 1 aromatic carbocycles. The highest BCUT2D eigenvalue weighted by Gasteiger charge is 2.46. The lowest BCUT2D eigenvalue weighted by atomic mass is 9.70. The second-order valence-corrected chi connectivity index (χ2v) is 8.25. The normalized spacial score (nSPS) is 23.8. The summed E-state index contributed by atoms with van der Waals surface area (Å²) in [5.41, 5.74) is 2.32. The quantitative estimate of drug-likeness (QED) is 0.440. The maximum Gasteiger partial charge on any atom is 0.328 e. The van der Waals surface area contributed by atoms with E-state index >= 15 is 0 Å². The van der Waals surface area contributed by atoms with Crippen LogP contribution in [0.3, 0.4) is 0 Å². The molecular formula is C21H22N2O4S. The predicted octanol–water partition coefficient (Wildman–Crippen LogP) is 3.30. The minimum Gasteiger partial charge on any atom is -0.382 e. The summed E-state index contributed by atoms with van der Waals surface area (Å²) >= 11 is 1.35. The third kappa shape index (κ3) is 3.36. The molecule has 1 aliphatic heterocycles. The maximum atomic E-state index is 12.7. The van der Waals surface area contributed by atoms with Crippen LogP contribution in [0.15, 0.2) is 41.1 Å². The van der Waals surface area contributed by atoms with Gasteiger partial charge in [-0.3, -0.25) is 14.4 Å². The number of thiophene rings is 1. The molecule has 0 radical (unpaired) electrons. The monoisotopic (exact) mass is 398 g/mol. The molecule has 1 fully saturated rings. The summed E-state index contributed by atoms with van der Waals surface area (Å²) in [6.45, 7) is 0. The molecule has 28 heavy (non-hydrogen) atoms. The number of nitrogens with one attached hydrogen (secondary N) is 1. The molecule has 0 amide bonds. The summed E-state index contributed by atoms with van der Waals surface area (Å²) in [4.78, 5) is 42.4. The number of para-hydroxylation sites is 1. The Kier molecular flexibility index (Phi) is 5.28. The number of fused-ring (bicyclic) bond motifs is 2. The Balaban J connectivity index is 1.68. The molecular weight excluding hydrogens is 376 g/mol. The smallest absolute Gasteiger partial charge is 0.328 e. The summed E-state index contributed by atoms with van der Waals surface area (Å²) in [6.07, 6.45) is 2.82. The van der Waals surface area contributed by atoms with Crippen LogP contribution in [-0.4, -0.2) is 23.6 Å². The first kappa shape index (κ1) is 18.8. The number of benzene rings is 1. The molecule has 1 saturated carbocycles. The number of ketones is 2. The Morgan fingerprint density at radius 2 is 2.04 bits per heavy atom. The van der Waals surface area contributed by atoms with E-state index in [1.165, 1.54) is 11.3 Å². The molecule has 2 aromatic rings. The van der Waals surface area contributed by atoms with E-state index in [4.69, 9.17) is 5.90 Å². The van der Waals surface area contributed by atoms with Gasteiger partial charge in [0.15, 0.2) is 0 Å². The molecule has 4 rings (SSSR count). The molecule has 1 aliphatic carbocycles. The first-order chi connectivity index (χ1) is 13.6. The van der Waals surface area contributed by atoms with Crippen LogP contribution in [0.25, 0.3) is 0 Å². The SMILES string of the molecule is NOC(=O)C(CC(=O)C(=O)c1ccsc1)C1c2ccccc2NC2CCCC21. The molecule has 146 valence electrons. The van der Waals surface area contributed by atoms with E-state index in [1.54, 1.807) is 16.8 Å². The van der Waals surface area contributed by atoms with Gasteiger partial charge in [0.05, 0.1) is 5.92 Å². The van der Waals surface area contributed by atoms with E-state index in [1.807, 2.05) is 24.3 Å². The van der Waals surface area contributed by atoms with Crippen LogP contribution in [0.1, 0.15) is 47.5 Å². The van der Waals surface area contributed by atoms with Crippen LogP contribution < -0.4 is 11.2 Å². The first-order valence-electron chi connectivity index (χ1n) is 9.46. The zero-order valence-corrected chi connectivity index (χ0v) is 16.1. The van der Waals surface area contributed by atoms with Gasteiger partial charge in [0.2, 0.25) is 11.6 Å². The van der Waals surface area contributed by atoms with Gasteiger partial charge in [-0.2, -0.15) is 17.2 Å². The number of carbonyl (C=O) groups excluding carboxylic acids is 3. The van der Waals surface area contributed by atoms with E-state index in [9.17, 15) is 14.4 Å². The number of anilines is 1. The fourth-order valence-corrected chi connectivity index (χ4v) is 5.39. The molecule has 0 saturated heterocycles. The third-order valence-corrected chi connectivity index (χ3v) is 6.67. The van der Waals surface area contributed by atoms with Crippen molar-refractivity contribution in [2.24, 2.45) is 17.7 Å². The van der Waals surface area contributed by atoms with Crippen molar-refractivity contribution in [1.82, 2.24) is 0 Å². The molecule has 2 heterocycles. The summed E-state index contributed by atoms with van der Waals surface area (Å²) in [6, 6.07) is 9.69. The van der Waals surface area contributed by atoms with E-state index in [0.29, 0.717) is 5.56 Å². The lowest BCUT2D eigenvalue weighted by Gasteiger charge is -2.40. The number of rotatable bonds is 6. The molecule has 4 atom stereocenters. The van der Waals surface area contributed by atoms with E-state index in [2.05, 4.69) is 10.2 Å². The van der Waals surface area contributed by atoms with Crippen LogP contribution in [0.2, 0.25) is 0 Å². The van der Waals surface area contributed by atoms with Crippen molar-refractivity contribution >= 4 is 34.6 Å². The van der Waals surface area contributed by atoms with Gasteiger partial charge in [-0.15, -0.1) is 0 Å². The average molecular weight is 398 g/mol. The van der Waals surface area contributed by atoms with E-state index < -0.39 is 23.5 Å². The van der Waals surface area contributed by atoms with Crippen molar-refractivity contribution in [2.75, 3.05) is 5.32 Å². The second-order valence-electron chi connectivity index (χ2n) is 7.47. The van der Waals surface area contributed by atoms with Crippen LogP contribution in [0.5, 0.6) is 0 Å². The predicted molar refractivity (Wildman–Crippen MR) is 106 cm³/mol. The van der Waals surface area contributed by atoms with Gasteiger partial charge in [-0.1, -0.05) is 24.6 Å². The number of nitrogens with two attached hydrogens (primary N) is 1. The van der Waals surface area contributed by atoms with Crippen molar-refractivity contribution in [2.45, 2.75) is 37.6 Å². The summed E-state index contributed by atoms with van der Waals surface area (Å²) < 4.78 is 0. The Labute approximate surface area is 167 Å². The van der Waals surface area contributed by atoms with Crippen molar-refractivity contribution in [1.29, 1.82) is 0 Å². The zero-order valence-electron chi connectivity index (χ0n) is 15.3. The van der Waals surface area contributed by atoms with Gasteiger partial charge in [-0.25, -0.2) is 0 Å². The highest BCUT2D eigenvalue weighted by molar-refractivity contribution is 7.08. The fraction of sp³-hybridized carbons (Fsp3) is 0.381. The number of hydrogen-bond donors (Lipinski definition) is 2. The lowest BCUT2D eigenvalue weighted by Crippen LogP contribution is -2.41. The van der Waals surface area contributed by atoms with Crippen LogP contribution in [0, 0.1) is 11.8 Å². The van der Waals surface area contributed by atoms with Crippen molar-refractivity contribution in [3.05, 3.63) is 52.2 Å². The first-order valence-corrected chi connectivity index (χ1v) is 10.4. The summed E-state index contributed by atoms with van der Waals surface area (Å²) in [5.74, 6) is 2.64. The van der Waals surface area contributed by atoms with E-state index in [0.717, 1.165) is 30.5 Å². The van der Waals surface area contributed by atoms with Crippen molar-refractivity contribution in [3.63, 3.8) is 0 Å². The third-order valence-electron chi connectivity index (χ3n) is 5.99. The highest BCUT2D eigenvalue weighted by atomic mass is 32.1. The summed E-state index contributed by atoms with van der Waals surface area (Å²) in [5, 5.41) is 6.96. The Hall–Kier alpha value is -2.51. The topological polar surface area (TPSA) is 98.5 Å². The van der Waals surface area contributed by atoms with Gasteiger partial charge >= 0.3 is 5.97 Å². The molecule has 1 aromatic heterocycles. The molecule has 3 N–H and O–H groups in total. The molecule has 7 heteroatoms. The number of hydrogen-bond acceptors (Lipinski definition) is 7. The molecule has 0 bridgehead atoms. The summed E-state index contributed by atoms with van der Waals surface area (Å²) in [7, 11) is 0. The Morgan fingerprint density at radius 1 is 1.21 bits per heavy atom. The van der Waals surface area contributed by atoms with Gasteiger partial charge in [0.25, 0.3) is 0 Å². The second kappa shape index (κ2) is 7.85. The number of carbonyl (C=O) groups is 3. The van der Waals surface area contributed by atoms with Crippen LogP contribution in [-0.2, 0) is 14.4 Å². The van der Waals surface area contributed by atoms with Gasteiger partial charge in [0.1, 0.15) is 0 Å². The van der Waals surface area contributed by atoms with E-state index in [-0.39, 0.29) is 24.3 Å². The largest absolute Gasteiger partial charge is 0.382 e. The highest BCUT2D eigenvalue weighted by Crippen LogP contribution is 2.49. The van der Waals surface area contributed by atoms with Crippen LogP contribution >= 0.6 is 11.3 Å².